The summed E-state index contributed by atoms with van der Waals surface area (Å²) in [6, 6.07) is 1.70. The number of Topliss-reactive ketones (excluding diaryl/α,β-unsaturated/α-hetero) is 1. The molecule has 1 aromatic heterocycles. The Kier molecular flexibility index (Phi) is 4.66. The number of carbonyl (C=O) groups is 1. The van der Waals surface area contributed by atoms with Crippen LogP contribution in [-0.2, 0) is 9.47 Å². The average molecular weight is 251 g/mol. The van der Waals surface area contributed by atoms with Crippen molar-refractivity contribution in [3.63, 3.8) is 0 Å². The van der Waals surface area contributed by atoms with Crippen molar-refractivity contribution in [2.75, 3.05) is 26.4 Å². The second-order valence-corrected chi connectivity index (χ2v) is 4.06. The van der Waals surface area contributed by atoms with Gasteiger partial charge >= 0.3 is 0 Å². The van der Waals surface area contributed by atoms with E-state index in [4.69, 9.17) is 14.2 Å². The summed E-state index contributed by atoms with van der Waals surface area (Å²) in [7, 11) is 0. The van der Waals surface area contributed by atoms with Gasteiger partial charge in [-0.25, -0.2) is 0 Å². The van der Waals surface area contributed by atoms with E-state index in [-0.39, 0.29) is 5.78 Å². The van der Waals surface area contributed by atoms with Crippen molar-refractivity contribution in [1.82, 2.24) is 4.98 Å². The number of pyridine rings is 1. The first kappa shape index (κ1) is 13.0. The van der Waals surface area contributed by atoms with Crippen molar-refractivity contribution >= 4 is 5.78 Å². The lowest BCUT2D eigenvalue weighted by molar-refractivity contribution is -0.0719. The van der Waals surface area contributed by atoms with E-state index < -0.39 is 6.10 Å². The van der Waals surface area contributed by atoms with Gasteiger partial charge in [0.2, 0.25) is 0 Å². The van der Waals surface area contributed by atoms with Crippen LogP contribution in [0.3, 0.4) is 0 Å². The van der Waals surface area contributed by atoms with Crippen LogP contribution < -0.4 is 4.74 Å². The summed E-state index contributed by atoms with van der Waals surface area (Å²) in [6.45, 7) is 3.94. The molecule has 1 unspecified atom stereocenters. The molecule has 18 heavy (non-hydrogen) atoms. The number of ketones is 1. The second-order valence-electron chi connectivity index (χ2n) is 4.06. The topological polar surface area (TPSA) is 57.7 Å². The zero-order valence-electron chi connectivity index (χ0n) is 10.4. The van der Waals surface area contributed by atoms with Crippen LogP contribution in [0.1, 0.15) is 23.7 Å². The molecule has 2 heterocycles. The summed E-state index contributed by atoms with van der Waals surface area (Å²) in [6.07, 6.45) is 3.52. The fourth-order valence-electron chi connectivity index (χ4n) is 1.68. The molecule has 1 aliphatic rings. The van der Waals surface area contributed by atoms with E-state index >= 15 is 0 Å². The molecule has 0 bridgehead atoms. The zero-order chi connectivity index (χ0) is 12.8. The van der Waals surface area contributed by atoms with Crippen molar-refractivity contribution < 1.29 is 19.0 Å². The highest BCUT2D eigenvalue weighted by molar-refractivity contribution is 5.99. The Balaban J connectivity index is 2.04. The van der Waals surface area contributed by atoms with Crippen molar-refractivity contribution in [3.05, 3.63) is 24.0 Å². The van der Waals surface area contributed by atoms with Crippen LogP contribution in [0.15, 0.2) is 18.5 Å². The van der Waals surface area contributed by atoms with Gasteiger partial charge in [0.25, 0.3) is 0 Å². The molecule has 0 amide bonds. The van der Waals surface area contributed by atoms with E-state index in [1.54, 1.807) is 12.3 Å². The Morgan fingerprint density at radius 3 is 3.11 bits per heavy atom. The first-order valence-corrected chi connectivity index (χ1v) is 6.12. The van der Waals surface area contributed by atoms with Gasteiger partial charge in [-0.05, 0) is 12.5 Å². The Hall–Kier alpha value is -1.46. The second kappa shape index (κ2) is 6.47. The van der Waals surface area contributed by atoms with Gasteiger partial charge in [0, 0.05) is 11.8 Å². The Morgan fingerprint density at radius 2 is 2.39 bits per heavy atom. The summed E-state index contributed by atoms with van der Waals surface area (Å²) >= 11 is 0. The summed E-state index contributed by atoms with van der Waals surface area (Å²) in [4.78, 5) is 16.1. The van der Waals surface area contributed by atoms with E-state index in [9.17, 15) is 4.79 Å². The number of nitrogens with zero attached hydrogens (tertiary/aromatic N) is 1. The molecule has 1 fully saturated rings. The summed E-state index contributed by atoms with van der Waals surface area (Å²) in [5.41, 5.74) is 0.499. The molecule has 0 saturated carbocycles. The van der Waals surface area contributed by atoms with Gasteiger partial charge in [-0.15, -0.1) is 0 Å². The highest BCUT2D eigenvalue weighted by Crippen LogP contribution is 2.15. The van der Waals surface area contributed by atoms with Gasteiger partial charge in [-0.2, -0.15) is 0 Å². The number of aromatic nitrogens is 1. The van der Waals surface area contributed by atoms with E-state index in [0.717, 1.165) is 6.42 Å². The van der Waals surface area contributed by atoms with Gasteiger partial charge in [0.1, 0.15) is 11.9 Å². The summed E-state index contributed by atoms with van der Waals surface area (Å²) in [5.74, 6) is 0.503. The number of rotatable bonds is 5. The highest BCUT2D eigenvalue weighted by Gasteiger charge is 2.24. The zero-order valence-corrected chi connectivity index (χ0v) is 10.4. The first-order chi connectivity index (χ1) is 8.81. The molecule has 2 rings (SSSR count). The third-order valence-electron chi connectivity index (χ3n) is 2.58. The molecule has 0 aromatic carbocycles. The Labute approximate surface area is 106 Å². The van der Waals surface area contributed by atoms with E-state index in [2.05, 4.69) is 4.98 Å². The number of hydrogen-bond donors (Lipinski definition) is 0. The van der Waals surface area contributed by atoms with Gasteiger partial charge in [0.05, 0.1) is 32.6 Å². The maximum absolute atomic E-state index is 12.1. The van der Waals surface area contributed by atoms with E-state index in [1.807, 2.05) is 6.92 Å². The molecular formula is C13H17NO4. The minimum Gasteiger partial charge on any atom is -0.492 e. The molecule has 0 spiro atoms. The molecule has 5 nitrogen and oxygen atoms in total. The molecule has 1 aliphatic heterocycles. The minimum absolute atomic E-state index is 0.107. The molecule has 0 N–H and O–H groups in total. The predicted octanol–water partition coefficient (Wildman–Crippen LogP) is 1.47. The van der Waals surface area contributed by atoms with Crippen LogP contribution in [-0.4, -0.2) is 43.3 Å². The standard InChI is InChI=1S/C13H17NO4/c1-2-3-17-11-6-10(7-14-8-11)13(15)12-9-16-4-5-18-12/h6-8,12H,2-5,9H2,1H3. The lowest BCUT2D eigenvalue weighted by atomic mass is 10.1. The molecule has 1 saturated heterocycles. The lowest BCUT2D eigenvalue weighted by Gasteiger charge is -2.21. The number of ether oxygens (including phenoxy) is 3. The predicted molar refractivity (Wildman–Crippen MR) is 64.9 cm³/mol. The van der Waals surface area contributed by atoms with Gasteiger partial charge < -0.3 is 14.2 Å². The summed E-state index contributed by atoms with van der Waals surface area (Å²) in [5, 5.41) is 0. The number of carbonyl (C=O) groups excluding carboxylic acids is 1. The normalized spacial score (nSPS) is 19.5. The molecule has 0 radical (unpaired) electrons. The molecule has 0 aliphatic carbocycles. The van der Waals surface area contributed by atoms with Crippen molar-refractivity contribution in [2.45, 2.75) is 19.4 Å². The smallest absolute Gasteiger partial charge is 0.195 e. The third-order valence-corrected chi connectivity index (χ3v) is 2.58. The first-order valence-electron chi connectivity index (χ1n) is 6.12. The maximum atomic E-state index is 12.1. The van der Waals surface area contributed by atoms with Gasteiger partial charge in [-0.3, -0.25) is 9.78 Å². The Bertz CT molecular complexity index is 402. The SMILES string of the molecule is CCCOc1cncc(C(=O)C2COCCO2)c1. The van der Waals surface area contributed by atoms with Gasteiger partial charge in [-0.1, -0.05) is 6.92 Å². The maximum Gasteiger partial charge on any atom is 0.195 e. The van der Waals surface area contributed by atoms with Crippen molar-refractivity contribution in [2.24, 2.45) is 0 Å². The molecule has 1 atom stereocenters. The van der Waals surface area contributed by atoms with Crippen molar-refractivity contribution in [1.29, 1.82) is 0 Å². The quantitative estimate of drug-likeness (QED) is 0.742. The van der Waals surface area contributed by atoms with Crippen LogP contribution in [0.4, 0.5) is 0 Å². The van der Waals surface area contributed by atoms with Gasteiger partial charge in [0.15, 0.2) is 5.78 Å². The molecule has 1 aromatic rings. The summed E-state index contributed by atoms with van der Waals surface area (Å²) < 4.78 is 16.0. The van der Waals surface area contributed by atoms with E-state index in [1.165, 1.54) is 6.20 Å². The highest BCUT2D eigenvalue weighted by atomic mass is 16.6. The third kappa shape index (κ3) is 3.27. The molecule has 5 heteroatoms. The van der Waals surface area contributed by atoms with Crippen LogP contribution in [0.25, 0.3) is 0 Å². The van der Waals surface area contributed by atoms with Crippen molar-refractivity contribution in [3.8, 4) is 5.75 Å². The fourth-order valence-corrected chi connectivity index (χ4v) is 1.68. The monoisotopic (exact) mass is 251 g/mol. The molecular weight excluding hydrogens is 234 g/mol. The lowest BCUT2D eigenvalue weighted by Crippen LogP contribution is -2.35. The fraction of sp³-hybridized carbons (Fsp3) is 0.538. The van der Waals surface area contributed by atoms with E-state index in [0.29, 0.717) is 37.7 Å². The number of hydrogen-bond acceptors (Lipinski definition) is 5. The van der Waals surface area contributed by atoms with Crippen LogP contribution in [0.5, 0.6) is 5.75 Å². The van der Waals surface area contributed by atoms with Crippen LogP contribution in [0, 0.1) is 0 Å². The minimum atomic E-state index is -0.526. The average Bonchev–Trinajstić information content (AvgIpc) is 2.45. The Morgan fingerprint density at radius 1 is 1.50 bits per heavy atom. The van der Waals surface area contributed by atoms with Crippen LogP contribution >= 0.6 is 0 Å². The molecule has 98 valence electrons. The van der Waals surface area contributed by atoms with Crippen LogP contribution in [0.2, 0.25) is 0 Å². The largest absolute Gasteiger partial charge is 0.492 e.